The highest BCUT2D eigenvalue weighted by molar-refractivity contribution is 7.90. The van der Waals surface area contributed by atoms with Crippen molar-refractivity contribution in [2.75, 3.05) is 39.4 Å². The minimum Gasteiger partial charge on any atom is -0.379 e. The van der Waals surface area contributed by atoms with E-state index in [1.165, 1.54) is 4.31 Å². The molecule has 0 N–H and O–H groups in total. The number of hydrogen-bond donors (Lipinski definition) is 0. The SMILES string of the molecule is CCN(CC)C(=O)[C@@H](c1ccccc1)S(=O)(=O)N1CCOCC1. The molecule has 2 rings (SSSR count). The van der Waals surface area contributed by atoms with Gasteiger partial charge < -0.3 is 9.64 Å². The Hall–Kier alpha value is -1.44. The van der Waals surface area contributed by atoms with E-state index in [2.05, 4.69) is 0 Å². The summed E-state index contributed by atoms with van der Waals surface area (Å²) in [6.07, 6.45) is 0. The molecule has 1 heterocycles. The van der Waals surface area contributed by atoms with E-state index >= 15 is 0 Å². The van der Waals surface area contributed by atoms with Crippen molar-refractivity contribution in [3.05, 3.63) is 35.9 Å². The molecule has 1 fully saturated rings. The first-order valence-corrected chi connectivity index (χ1v) is 9.43. The number of morpholine rings is 1. The summed E-state index contributed by atoms with van der Waals surface area (Å²) in [7, 11) is -3.78. The predicted molar refractivity (Wildman–Crippen MR) is 88.4 cm³/mol. The van der Waals surface area contributed by atoms with Crippen LogP contribution in [0.5, 0.6) is 0 Å². The molecule has 23 heavy (non-hydrogen) atoms. The maximum atomic E-state index is 13.1. The molecular weight excluding hydrogens is 316 g/mol. The van der Waals surface area contributed by atoms with E-state index < -0.39 is 15.3 Å². The van der Waals surface area contributed by atoms with Crippen molar-refractivity contribution >= 4 is 15.9 Å². The molecule has 0 radical (unpaired) electrons. The summed E-state index contributed by atoms with van der Waals surface area (Å²) < 4.78 is 32.8. The van der Waals surface area contributed by atoms with Gasteiger partial charge in [0.1, 0.15) is 0 Å². The van der Waals surface area contributed by atoms with Gasteiger partial charge in [0, 0.05) is 26.2 Å². The van der Waals surface area contributed by atoms with Crippen LogP contribution in [0.2, 0.25) is 0 Å². The monoisotopic (exact) mass is 340 g/mol. The fourth-order valence-corrected chi connectivity index (χ4v) is 4.58. The molecule has 1 aromatic carbocycles. The Morgan fingerprint density at radius 3 is 2.26 bits per heavy atom. The molecule has 0 bridgehead atoms. The molecule has 0 aliphatic carbocycles. The van der Waals surface area contributed by atoms with Crippen molar-refractivity contribution in [1.29, 1.82) is 0 Å². The fraction of sp³-hybridized carbons (Fsp3) is 0.562. The van der Waals surface area contributed by atoms with Crippen LogP contribution in [0.4, 0.5) is 0 Å². The van der Waals surface area contributed by atoms with E-state index in [-0.39, 0.29) is 19.0 Å². The standard InChI is InChI=1S/C16H24N2O4S/c1-3-17(4-2)16(19)15(14-8-6-5-7-9-14)23(20,21)18-10-12-22-13-11-18/h5-9,15H,3-4,10-13H2,1-2H3/t15-/m1/s1. The number of ether oxygens (including phenoxy) is 1. The maximum Gasteiger partial charge on any atom is 0.246 e. The number of sulfonamides is 1. The third-order valence-electron chi connectivity index (χ3n) is 4.03. The zero-order chi connectivity index (χ0) is 16.9. The summed E-state index contributed by atoms with van der Waals surface area (Å²) in [5.74, 6) is -0.368. The number of hydrogen-bond acceptors (Lipinski definition) is 4. The fourth-order valence-electron chi connectivity index (χ4n) is 2.72. The number of rotatable bonds is 6. The van der Waals surface area contributed by atoms with Gasteiger partial charge in [-0.2, -0.15) is 4.31 Å². The second kappa shape index (κ2) is 7.90. The molecule has 1 amide bonds. The highest BCUT2D eigenvalue weighted by Crippen LogP contribution is 2.28. The molecule has 7 heteroatoms. The van der Waals surface area contributed by atoms with E-state index in [9.17, 15) is 13.2 Å². The van der Waals surface area contributed by atoms with Crippen molar-refractivity contribution in [1.82, 2.24) is 9.21 Å². The van der Waals surface area contributed by atoms with Gasteiger partial charge >= 0.3 is 0 Å². The Labute approximate surface area is 138 Å². The Morgan fingerprint density at radius 2 is 1.74 bits per heavy atom. The Bertz CT molecular complexity index is 608. The highest BCUT2D eigenvalue weighted by Gasteiger charge is 2.40. The van der Waals surface area contributed by atoms with Crippen molar-refractivity contribution in [2.24, 2.45) is 0 Å². The second-order valence-corrected chi connectivity index (χ2v) is 7.38. The number of carbonyl (C=O) groups is 1. The first kappa shape index (κ1) is 17.9. The minimum absolute atomic E-state index is 0.289. The van der Waals surface area contributed by atoms with Crippen LogP contribution in [0.25, 0.3) is 0 Å². The first-order chi connectivity index (χ1) is 11.0. The third kappa shape index (κ3) is 3.91. The number of benzene rings is 1. The van der Waals surface area contributed by atoms with Gasteiger partial charge in [-0.25, -0.2) is 8.42 Å². The van der Waals surface area contributed by atoms with E-state index in [1.54, 1.807) is 29.2 Å². The summed E-state index contributed by atoms with van der Waals surface area (Å²) >= 11 is 0. The lowest BCUT2D eigenvalue weighted by Gasteiger charge is -2.32. The van der Waals surface area contributed by atoms with Crippen LogP contribution >= 0.6 is 0 Å². The van der Waals surface area contributed by atoms with Crippen LogP contribution in [0.15, 0.2) is 30.3 Å². The highest BCUT2D eigenvalue weighted by atomic mass is 32.2. The van der Waals surface area contributed by atoms with E-state index in [0.717, 1.165) is 0 Å². The molecule has 1 saturated heterocycles. The van der Waals surface area contributed by atoms with Gasteiger partial charge in [0.15, 0.2) is 5.25 Å². The predicted octanol–water partition coefficient (Wildman–Crippen LogP) is 1.26. The number of amides is 1. The van der Waals surface area contributed by atoms with Crippen LogP contribution in [0, 0.1) is 0 Å². The Balaban J connectivity index is 2.42. The van der Waals surface area contributed by atoms with E-state index in [4.69, 9.17) is 4.74 Å². The normalized spacial score (nSPS) is 17.7. The summed E-state index contributed by atoms with van der Waals surface area (Å²) in [5.41, 5.74) is 0.510. The molecule has 128 valence electrons. The summed E-state index contributed by atoms with van der Waals surface area (Å²) in [4.78, 5) is 14.4. The van der Waals surface area contributed by atoms with Gasteiger partial charge in [-0.3, -0.25) is 4.79 Å². The molecule has 1 atom stereocenters. The number of carbonyl (C=O) groups excluding carboxylic acids is 1. The lowest BCUT2D eigenvalue weighted by atomic mass is 10.1. The minimum atomic E-state index is -3.78. The topological polar surface area (TPSA) is 66.9 Å². The molecule has 1 aliphatic rings. The Morgan fingerprint density at radius 1 is 1.17 bits per heavy atom. The molecule has 0 saturated carbocycles. The molecule has 0 aromatic heterocycles. The summed E-state index contributed by atoms with van der Waals surface area (Å²) in [6.45, 7) is 5.97. The average molecular weight is 340 g/mol. The van der Waals surface area contributed by atoms with Crippen LogP contribution < -0.4 is 0 Å². The molecule has 1 aromatic rings. The van der Waals surface area contributed by atoms with Crippen molar-refractivity contribution in [2.45, 2.75) is 19.1 Å². The largest absolute Gasteiger partial charge is 0.379 e. The molecule has 6 nitrogen and oxygen atoms in total. The van der Waals surface area contributed by atoms with Gasteiger partial charge in [0.25, 0.3) is 0 Å². The van der Waals surface area contributed by atoms with Gasteiger partial charge in [0.05, 0.1) is 13.2 Å². The smallest absolute Gasteiger partial charge is 0.246 e. The zero-order valence-corrected chi connectivity index (χ0v) is 14.5. The van der Waals surface area contributed by atoms with E-state index in [0.29, 0.717) is 31.9 Å². The zero-order valence-electron chi connectivity index (χ0n) is 13.6. The van der Waals surface area contributed by atoms with Crippen LogP contribution in [0.1, 0.15) is 24.7 Å². The lowest BCUT2D eigenvalue weighted by Crippen LogP contribution is -2.47. The van der Waals surface area contributed by atoms with Gasteiger partial charge in [0.2, 0.25) is 15.9 Å². The van der Waals surface area contributed by atoms with Gasteiger partial charge in [-0.1, -0.05) is 30.3 Å². The first-order valence-electron chi connectivity index (χ1n) is 7.92. The molecule has 1 aliphatic heterocycles. The number of likely N-dealkylation sites (N-methyl/N-ethyl adjacent to an activating group) is 1. The maximum absolute atomic E-state index is 13.1. The molecule has 0 unspecified atom stereocenters. The average Bonchev–Trinajstić information content (AvgIpc) is 2.58. The second-order valence-electron chi connectivity index (χ2n) is 5.36. The number of nitrogens with zero attached hydrogens (tertiary/aromatic N) is 2. The van der Waals surface area contributed by atoms with E-state index in [1.807, 2.05) is 19.9 Å². The Kier molecular flexibility index (Phi) is 6.15. The lowest BCUT2D eigenvalue weighted by molar-refractivity contribution is -0.130. The van der Waals surface area contributed by atoms with Crippen molar-refractivity contribution in [3.8, 4) is 0 Å². The van der Waals surface area contributed by atoms with Crippen molar-refractivity contribution in [3.63, 3.8) is 0 Å². The van der Waals surface area contributed by atoms with Crippen LogP contribution in [0.3, 0.4) is 0 Å². The van der Waals surface area contributed by atoms with Crippen LogP contribution in [-0.4, -0.2) is 62.9 Å². The molecular formula is C16H24N2O4S. The van der Waals surface area contributed by atoms with Crippen LogP contribution in [-0.2, 0) is 19.6 Å². The molecule has 0 spiro atoms. The van der Waals surface area contributed by atoms with Gasteiger partial charge in [-0.15, -0.1) is 0 Å². The van der Waals surface area contributed by atoms with Crippen molar-refractivity contribution < 1.29 is 17.9 Å². The summed E-state index contributed by atoms with van der Waals surface area (Å²) in [6, 6.07) is 8.72. The quantitative estimate of drug-likeness (QED) is 0.782. The third-order valence-corrected chi connectivity index (χ3v) is 6.18. The summed E-state index contributed by atoms with van der Waals surface area (Å²) in [5, 5.41) is -1.19. The van der Waals surface area contributed by atoms with Gasteiger partial charge in [-0.05, 0) is 19.4 Å².